The van der Waals surface area contributed by atoms with Crippen molar-refractivity contribution < 1.29 is 17.9 Å². The van der Waals surface area contributed by atoms with Crippen molar-refractivity contribution in [2.75, 3.05) is 25.0 Å². The van der Waals surface area contributed by atoms with Crippen LogP contribution in [0.1, 0.15) is 36.5 Å². The summed E-state index contributed by atoms with van der Waals surface area (Å²) in [5.74, 6) is -0.0225. The number of benzene rings is 1. The Morgan fingerprint density at radius 1 is 1.18 bits per heavy atom. The van der Waals surface area contributed by atoms with Gasteiger partial charge in [0.2, 0.25) is 10.0 Å². The first-order valence-corrected chi connectivity index (χ1v) is 12.4. The molecule has 3 aromatic rings. The van der Waals surface area contributed by atoms with Gasteiger partial charge >= 0.3 is 0 Å². The lowest BCUT2D eigenvalue weighted by atomic mass is 10.1. The highest BCUT2D eigenvalue weighted by Crippen LogP contribution is 2.31. The minimum Gasteiger partial charge on any atom is -0.492 e. The fraction of sp³-hybridized carbons (Fsp3) is 0.348. The molecule has 0 saturated carbocycles. The highest BCUT2D eigenvalue weighted by Gasteiger charge is 2.27. The van der Waals surface area contributed by atoms with E-state index in [2.05, 4.69) is 15.4 Å². The summed E-state index contributed by atoms with van der Waals surface area (Å²) < 4.78 is 35.0. The molecule has 1 aromatic carbocycles. The topological polar surface area (TPSA) is 106 Å². The van der Waals surface area contributed by atoms with Gasteiger partial charge in [-0.25, -0.2) is 8.42 Å². The molecule has 1 N–H and O–H groups in total. The molecule has 4 rings (SSSR count). The predicted octanol–water partition coefficient (Wildman–Crippen LogP) is 3.31. The first kappa shape index (κ1) is 22.9. The number of rotatable bonds is 7. The van der Waals surface area contributed by atoms with Gasteiger partial charge in [-0.15, -0.1) is 0 Å². The van der Waals surface area contributed by atoms with E-state index >= 15 is 0 Å². The summed E-state index contributed by atoms with van der Waals surface area (Å²) in [5, 5.41) is 7.23. The molecule has 0 aliphatic carbocycles. The maximum Gasteiger partial charge on any atom is 0.259 e. The summed E-state index contributed by atoms with van der Waals surface area (Å²) in [6.45, 7) is 3.20. The molecule has 33 heavy (non-hydrogen) atoms. The van der Waals surface area contributed by atoms with E-state index in [1.165, 1.54) is 16.4 Å². The second-order valence-electron chi connectivity index (χ2n) is 7.82. The van der Waals surface area contributed by atoms with E-state index < -0.39 is 15.9 Å². The van der Waals surface area contributed by atoms with Crippen molar-refractivity contribution in [1.29, 1.82) is 0 Å². The Morgan fingerprint density at radius 3 is 2.67 bits per heavy atom. The van der Waals surface area contributed by atoms with Gasteiger partial charge < -0.3 is 10.1 Å². The Labute approximate surface area is 193 Å². The van der Waals surface area contributed by atoms with Crippen LogP contribution in [0.4, 0.5) is 5.69 Å². The zero-order chi connectivity index (χ0) is 23.4. The van der Waals surface area contributed by atoms with Crippen molar-refractivity contribution in [3.05, 3.63) is 54.5 Å². The Morgan fingerprint density at radius 2 is 1.97 bits per heavy atom. The van der Waals surface area contributed by atoms with Crippen molar-refractivity contribution in [3.8, 4) is 17.0 Å². The molecule has 3 heterocycles. The summed E-state index contributed by atoms with van der Waals surface area (Å²) in [5.41, 5.74) is 1.83. The number of amides is 1. The van der Waals surface area contributed by atoms with Crippen LogP contribution in [-0.2, 0) is 17.1 Å². The fourth-order valence-electron chi connectivity index (χ4n) is 3.86. The minimum absolute atomic E-state index is 0.127. The van der Waals surface area contributed by atoms with Crippen LogP contribution >= 0.6 is 0 Å². The van der Waals surface area contributed by atoms with Crippen LogP contribution in [-0.4, -0.2) is 53.1 Å². The van der Waals surface area contributed by atoms with Crippen molar-refractivity contribution in [3.63, 3.8) is 0 Å². The number of hydrogen-bond acceptors (Lipinski definition) is 6. The molecule has 1 saturated heterocycles. The lowest BCUT2D eigenvalue weighted by Crippen LogP contribution is -2.35. The van der Waals surface area contributed by atoms with Gasteiger partial charge in [0.15, 0.2) is 0 Å². The first-order valence-electron chi connectivity index (χ1n) is 10.9. The summed E-state index contributed by atoms with van der Waals surface area (Å²) in [6.07, 6.45) is 7.62. The van der Waals surface area contributed by atoms with E-state index in [-0.39, 0.29) is 4.90 Å². The largest absolute Gasteiger partial charge is 0.492 e. The smallest absolute Gasteiger partial charge is 0.259 e. The number of sulfonamides is 1. The molecule has 9 nitrogen and oxygen atoms in total. The zero-order valence-corrected chi connectivity index (χ0v) is 19.5. The third-order valence-electron chi connectivity index (χ3n) is 5.46. The molecule has 0 unspecified atom stereocenters. The molecule has 1 fully saturated rings. The van der Waals surface area contributed by atoms with E-state index in [9.17, 15) is 13.2 Å². The standard InChI is InChI=1S/C23H27N5O4S/c1-3-32-21-10-9-18(33(30,31)28-12-5-4-6-13-28)14-20(21)25-23(29)19-16-27(2)26-22(19)17-8-7-11-24-15-17/h7-11,14-16H,3-6,12-13H2,1-2H3,(H,25,29). The van der Waals surface area contributed by atoms with Crippen molar-refractivity contribution in [1.82, 2.24) is 19.1 Å². The van der Waals surface area contributed by atoms with Crippen LogP contribution in [0.5, 0.6) is 5.75 Å². The van der Waals surface area contributed by atoms with Gasteiger partial charge in [0.1, 0.15) is 11.4 Å². The lowest BCUT2D eigenvalue weighted by Gasteiger charge is -2.26. The molecular weight excluding hydrogens is 442 g/mol. The van der Waals surface area contributed by atoms with E-state index in [0.717, 1.165) is 19.3 Å². The van der Waals surface area contributed by atoms with Crippen LogP contribution in [0, 0.1) is 0 Å². The quantitative estimate of drug-likeness (QED) is 0.569. The summed E-state index contributed by atoms with van der Waals surface area (Å²) >= 11 is 0. The predicted molar refractivity (Wildman–Crippen MR) is 125 cm³/mol. The minimum atomic E-state index is -3.66. The van der Waals surface area contributed by atoms with Crippen molar-refractivity contribution in [2.45, 2.75) is 31.1 Å². The van der Waals surface area contributed by atoms with Gasteiger partial charge in [0, 0.05) is 44.3 Å². The van der Waals surface area contributed by atoms with Gasteiger partial charge in [0.25, 0.3) is 5.91 Å². The number of anilines is 1. The first-order chi connectivity index (χ1) is 15.9. The number of hydrogen-bond donors (Lipinski definition) is 1. The number of aromatic nitrogens is 3. The molecule has 1 aliphatic heterocycles. The second kappa shape index (κ2) is 9.72. The third kappa shape index (κ3) is 4.91. The van der Waals surface area contributed by atoms with E-state index in [0.29, 0.717) is 48.0 Å². The highest BCUT2D eigenvalue weighted by atomic mass is 32.2. The molecule has 1 amide bonds. The van der Waals surface area contributed by atoms with Crippen LogP contribution in [0.25, 0.3) is 11.3 Å². The average molecular weight is 470 g/mol. The van der Waals surface area contributed by atoms with Crippen LogP contribution in [0.2, 0.25) is 0 Å². The number of piperidine rings is 1. The van der Waals surface area contributed by atoms with Crippen molar-refractivity contribution in [2.24, 2.45) is 7.05 Å². The Kier molecular flexibility index (Phi) is 6.75. The number of nitrogens with one attached hydrogen (secondary N) is 1. The Bertz CT molecular complexity index is 1230. The SMILES string of the molecule is CCOc1ccc(S(=O)(=O)N2CCCCC2)cc1NC(=O)c1cn(C)nc1-c1cccnc1. The number of carbonyl (C=O) groups excluding carboxylic acids is 1. The molecule has 0 bridgehead atoms. The Hall–Kier alpha value is -3.24. The molecule has 2 aromatic heterocycles. The maximum absolute atomic E-state index is 13.2. The third-order valence-corrected chi connectivity index (χ3v) is 7.35. The molecule has 0 spiro atoms. The van der Waals surface area contributed by atoms with Crippen LogP contribution in [0.15, 0.2) is 53.8 Å². The molecular formula is C23H27N5O4S. The second-order valence-corrected chi connectivity index (χ2v) is 9.75. The van der Waals surface area contributed by atoms with Crippen LogP contribution in [0.3, 0.4) is 0 Å². The number of ether oxygens (including phenoxy) is 1. The fourth-order valence-corrected chi connectivity index (χ4v) is 5.41. The molecule has 10 heteroatoms. The van der Waals surface area contributed by atoms with E-state index in [4.69, 9.17) is 4.74 Å². The summed E-state index contributed by atoms with van der Waals surface area (Å²) in [4.78, 5) is 17.5. The monoisotopic (exact) mass is 469 g/mol. The van der Waals surface area contributed by atoms with Gasteiger partial charge in [-0.2, -0.15) is 9.40 Å². The van der Waals surface area contributed by atoms with Gasteiger partial charge in [0.05, 0.1) is 22.8 Å². The van der Waals surface area contributed by atoms with Gasteiger partial charge in [-0.05, 0) is 50.1 Å². The number of pyridine rings is 1. The maximum atomic E-state index is 13.2. The van der Waals surface area contributed by atoms with E-state index in [1.54, 1.807) is 42.5 Å². The molecule has 174 valence electrons. The normalized spacial score (nSPS) is 14.7. The summed E-state index contributed by atoms with van der Waals surface area (Å²) in [7, 11) is -1.93. The molecule has 0 radical (unpaired) electrons. The average Bonchev–Trinajstić information content (AvgIpc) is 3.23. The van der Waals surface area contributed by atoms with Crippen molar-refractivity contribution >= 4 is 21.6 Å². The lowest BCUT2D eigenvalue weighted by molar-refractivity contribution is 0.102. The molecule has 0 atom stereocenters. The molecule has 1 aliphatic rings. The number of nitrogens with zero attached hydrogens (tertiary/aromatic N) is 4. The summed E-state index contributed by atoms with van der Waals surface area (Å²) in [6, 6.07) is 8.17. The van der Waals surface area contributed by atoms with Gasteiger partial charge in [-0.1, -0.05) is 6.42 Å². The number of carbonyl (C=O) groups is 1. The zero-order valence-electron chi connectivity index (χ0n) is 18.7. The highest BCUT2D eigenvalue weighted by molar-refractivity contribution is 7.89. The van der Waals surface area contributed by atoms with Crippen LogP contribution < -0.4 is 10.1 Å². The number of aryl methyl sites for hydroxylation is 1. The van der Waals surface area contributed by atoms with Gasteiger partial charge in [-0.3, -0.25) is 14.5 Å². The van der Waals surface area contributed by atoms with E-state index in [1.807, 2.05) is 13.0 Å². The Balaban J connectivity index is 1.68.